The fourth-order valence-electron chi connectivity index (χ4n) is 2.80. The lowest BCUT2D eigenvalue weighted by molar-refractivity contribution is -0.144. The summed E-state index contributed by atoms with van der Waals surface area (Å²) in [6.45, 7) is 3.77. The highest BCUT2D eigenvalue weighted by molar-refractivity contribution is 8.04. The molecule has 1 aromatic rings. The number of carbonyl (C=O) groups excluding carboxylic acids is 1. The molecule has 134 valence electrons. The topological polar surface area (TPSA) is 97.8 Å². The molecule has 1 aliphatic rings. The molecular weight excluding hydrogens is 354 g/mol. The van der Waals surface area contributed by atoms with Crippen molar-refractivity contribution >= 4 is 26.0 Å². The molecule has 0 saturated heterocycles. The minimum absolute atomic E-state index is 0.0400. The first kappa shape index (κ1) is 18.9. The molecule has 1 aromatic carbocycles. The molecular formula is C15H21NO6S2. The number of rotatable bonds is 6. The molecule has 0 N–H and O–H groups in total. The number of carbonyl (C=O) groups is 1. The van der Waals surface area contributed by atoms with Gasteiger partial charge in [-0.05, 0) is 24.5 Å². The number of hydrogen-bond acceptors (Lipinski definition) is 6. The maximum Gasteiger partial charge on any atom is 0.307 e. The van der Waals surface area contributed by atoms with E-state index < -0.39 is 32.1 Å². The summed E-state index contributed by atoms with van der Waals surface area (Å²) in [7, 11) is -8.29. The molecule has 1 atom stereocenters. The smallest absolute Gasteiger partial charge is 0.307 e. The number of ether oxygens (including phenoxy) is 1. The Balaban J connectivity index is 2.45. The SMILES string of the molecule is CCCCOC(=O)CC1c2cccc(C)c2S(=O)(=O)N1S(C)(=O)=O. The van der Waals surface area contributed by atoms with Crippen molar-refractivity contribution in [2.75, 3.05) is 12.9 Å². The largest absolute Gasteiger partial charge is 0.466 e. The van der Waals surface area contributed by atoms with Gasteiger partial charge in [-0.15, -0.1) is 0 Å². The number of nitrogens with zero attached hydrogens (tertiary/aromatic N) is 1. The van der Waals surface area contributed by atoms with Gasteiger partial charge in [-0.2, -0.15) is 0 Å². The molecule has 2 rings (SSSR count). The van der Waals surface area contributed by atoms with Crippen molar-refractivity contribution in [2.24, 2.45) is 0 Å². The molecule has 0 spiro atoms. The van der Waals surface area contributed by atoms with Crippen LogP contribution in [-0.2, 0) is 29.6 Å². The van der Waals surface area contributed by atoms with Crippen molar-refractivity contribution in [3.8, 4) is 0 Å². The standard InChI is InChI=1S/C15H21NO6S2/c1-4-5-9-22-14(17)10-13-12-8-6-7-11(2)15(12)24(20,21)16(13)23(3,18)19/h6-8,13H,4-5,9-10H2,1-3H3. The molecule has 0 saturated carbocycles. The Morgan fingerprint density at radius 3 is 2.58 bits per heavy atom. The van der Waals surface area contributed by atoms with E-state index in [-0.39, 0.29) is 17.9 Å². The second-order valence-corrected chi connectivity index (χ2v) is 9.62. The maximum absolute atomic E-state index is 12.7. The van der Waals surface area contributed by atoms with Gasteiger partial charge in [0.15, 0.2) is 0 Å². The predicted molar refractivity (Wildman–Crippen MR) is 88.3 cm³/mol. The minimum Gasteiger partial charge on any atom is -0.466 e. The summed E-state index contributed by atoms with van der Waals surface area (Å²) < 4.78 is 55.0. The van der Waals surface area contributed by atoms with E-state index in [1.54, 1.807) is 19.1 Å². The fourth-order valence-corrected chi connectivity index (χ4v) is 6.78. The molecule has 0 fully saturated rings. The molecule has 0 amide bonds. The quantitative estimate of drug-likeness (QED) is 0.555. The maximum atomic E-state index is 12.7. The van der Waals surface area contributed by atoms with Crippen LogP contribution in [0, 0.1) is 6.92 Å². The average Bonchev–Trinajstić information content (AvgIpc) is 2.67. The highest BCUT2D eigenvalue weighted by Crippen LogP contribution is 2.44. The molecule has 0 bridgehead atoms. The van der Waals surface area contributed by atoms with Gasteiger partial charge in [0.1, 0.15) is 0 Å². The van der Waals surface area contributed by atoms with E-state index in [1.165, 1.54) is 6.07 Å². The number of esters is 1. The van der Waals surface area contributed by atoms with Gasteiger partial charge in [-0.1, -0.05) is 35.3 Å². The zero-order valence-electron chi connectivity index (χ0n) is 13.9. The summed E-state index contributed by atoms with van der Waals surface area (Å²) in [6, 6.07) is 3.67. The zero-order chi connectivity index (χ0) is 18.1. The second kappa shape index (κ2) is 6.81. The fraction of sp³-hybridized carbons (Fsp3) is 0.533. The van der Waals surface area contributed by atoms with E-state index in [1.807, 2.05) is 6.92 Å². The van der Waals surface area contributed by atoms with Gasteiger partial charge in [-0.25, -0.2) is 16.8 Å². The third kappa shape index (κ3) is 3.47. The number of sulfonamides is 2. The summed E-state index contributed by atoms with van der Waals surface area (Å²) in [5, 5.41) is 0. The lowest BCUT2D eigenvalue weighted by atomic mass is 10.0. The van der Waals surface area contributed by atoms with E-state index in [9.17, 15) is 21.6 Å². The minimum atomic E-state index is -4.22. The highest BCUT2D eigenvalue weighted by atomic mass is 32.3. The first-order valence-corrected chi connectivity index (χ1v) is 10.9. The van der Waals surface area contributed by atoms with E-state index in [2.05, 4.69) is 0 Å². The van der Waals surface area contributed by atoms with Gasteiger partial charge in [-0.3, -0.25) is 4.79 Å². The van der Waals surface area contributed by atoms with Gasteiger partial charge < -0.3 is 4.74 Å². The Labute approximate surface area is 142 Å². The van der Waals surface area contributed by atoms with Crippen LogP contribution in [0.25, 0.3) is 0 Å². The summed E-state index contributed by atoms with van der Waals surface area (Å²) in [5.74, 6) is -0.619. The van der Waals surface area contributed by atoms with E-state index in [4.69, 9.17) is 4.74 Å². The molecule has 1 unspecified atom stereocenters. The molecule has 7 nitrogen and oxygen atoms in total. The number of aryl methyl sites for hydroxylation is 1. The summed E-state index contributed by atoms with van der Waals surface area (Å²) >= 11 is 0. The Morgan fingerprint density at radius 2 is 2.00 bits per heavy atom. The van der Waals surface area contributed by atoms with E-state index in [0.717, 1.165) is 12.7 Å². The number of benzene rings is 1. The van der Waals surface area contributed by atoms with Gasteiger partial charge in [0.25, 0.3) is 10.0 Å². The van der Waals surface area contributed by atoms with E-state index in [0.29, 0.717) is 21.3 Å². The van der Waals surface area contributed by atoms with Gasteiger partial charge in [0.2, 0.25) is 10.0 Å². The van der Waals surface area contributed by atoms with Crippen LogP contribution in [-0.4, -0.2) is 39.4 Å². The second-order valence-electron chi connectivity index (χ2n) is 5.78. The Bertz CT molecular complexity index is 845. The third-order valence-electron chi connectivity index (χ3n) is 3.80. The van der Waals surface area contributed by atoms with Crippen molar-refractivity contribution in [1.29, 1.82) is 0 Å². The first-order valence-electron chi connectivity index (χ1n) is 7.60. The number of unbranched alkanes of at least 4 members (excludes halogenated alkanes) is 1. The third-order valence-corrected chi connectivity index (χ3v) is 7.91. The number of fused-ring (bicyclic) bond motifs is 1. The first-order chi connectivity index (χ1) is 11.1. The van der Waals surface area contributed by atoms with Crippen molar-refractivity contribution in [2.45, 2.75) is 44.0 Å². The number of hydrogen-bond donors (Lipinski definition) is 0. The molecule has 1 aliphatic heterocycles. The average molecular weight is 375 g/mol. The zero-order valence-corrected chi connectivity index (χ0v) is 15.5. The van der Waals surface area contributed by atoms with Gasteiger partial charge >= 0.3 is 5.97 Å². The van der Waals surface area contributed by atoms with Gasteiger partial charge in [0.05, 0.1) is 30.2 Å². The molecule has 24 heavy (non-hydrogen) atoms. The van der Waals surface area contributed by atoms with Crippen LogP contribution in [0.4, 0.5) is 0 Å². The van der Waals surface area contributed by atoms with Crippen molar-refractivity contribution in [1.82, 2.24) is 3.71 Å². The van der Waals surface area contributed by atoms with Crippen LogP contribution >= 0.6 is 0 Å². The van der Waals surface area contributed by atoms with Crippen molar-refractivity contribution in [3.63, 3.8) is 0 Å². The molecule has 0 aromatic heterocycles. The Kier molecular flexibility index (Phi) is 5.36. The predicted octanol–water partition coefficient (Wildman–Crippen LogP) is 1.73. The lowest BCUT2D eigenvalue weighted by Gasteiger charge is -2.20. The molecule has 1 heterocycles. The Hall–Kier alpha value is -1.45. The molecule has 9 heteroatoms. The van der Waals surface area contributed by atoms with Crippen molar-refractivity contribution < 1.29 is 26.4 Å². The van der Waals surface area contributed by atoms with Crippen LogP contribution in [0.15, 0.2) is 23.1 Å². The Morgan fingerprint density at radius 1 is 1.33 bits per heavy atom. The highest BCUT2D eigenvalue weighted by Gasteiger charge is 2.49. The lowest BCUT2D eigenvalue weighted by Crippen LogP contribution is -2.35. The van der Waals surface area contributed by atoms with Crippen LogP contribution in [0.2, 0.25) is 0 Å². The summed E-state index contributed by atoms with van der Waals surface area (Å²) in [4.78, 5) is 12.0. The van der Waals surface area contributed by atoms with Crippen LogP contribution in [0.1, 0.15) is 43.4 Å². The van der Waals surface area contributed by atoms with Gasteiger partial charge in [0, 0.05) is 0 Å². The summed E-state index contributed by atoms with van der Waals surface area (Å²) in [6.07, 6.45) is 2.02. The van der Waals surface area contributed by atoms with E-state index >= 15 is 0 Å². The van der Waals surface area contributed by atoms with Crippen molar-refractivity contribution in [3.05, 3.63) is 29.3 Å². The molecule has 0 radical (unpaired) electrons. The monoisotopic (exact) mass is 375 g/mol. The summed E-state index contributed by atoms with van der Waals surface area (Å²) in [5.41, 5.74) is 0.760. The van der Waals surface area contributed by atoms with Crippen LogP contribution in [0.5, 0.6) is 0 Å². The van der Waals surface area contributed by atoms with Crippen LogP contribution in [0.3, 0.4) is 0 Å². The van der Waals surface area contributed by atoms with Crippen LogP contribution < -0.4 is 0 Å². The normalized spacial score (nSPS) is 19.9. The molecule has 0 aliphatic carbocycles.